The van der Waals surface area contributed by atoms with Gasteiger partial charge < -0.3 is 5.32 Å². The monoisotopic (exact) mass is 312 g/mol. The van der Waals surface area contributed by atoms with E-state index in [9.17, 15) is 4.79 Å². The fourth-order valence-electron chi connectivity index (χ4n) is 4.87. The number of benzene rings is 1. The van der Waals surface area contributed by atoms with Crippen molar-refractivity contribution >= 4 is 11.6 Å². The SMILES string of the molecule is O=C(CN1CC[C@H]2CCCC[C@@H]2C1)Nc1ccc2c(c1)CCC2. The minimum Gasteiger partial charge on any atom is -0.325 e. The number of nitrogens with one attached hydrogen (secondary N) is 1. The van der Waals surface area contributed by atoms with Crippen LogP contribution >= 0.6 is 0 Å². The lowest BCUT2D eigenvalue weighted by molar-refractivity contribution is -0.118. The van der Waals surface area contributed by atoms with Gasteiger partial charge in [0.15, 0.2) is 0 Å². The normalized spacial score (nSPS) is 27.3. The molecule has 2 fully saturated rings. The first kappa shape index (κ1) is 15.2. The van der Waals surface area contributed by atoms with E-state index in [0.29, 0.717) is 6.54 Å². The standard InChI is InChI=1S/C20H28N2O/c23-20(21-19-9-8-15-6-3-7-17(15)12-19)14-22-11-10-16-4-1-2-5-18(16)13-22/h8-9,12,16,18H,1-7,10-11,13-14H2,(H,21,23)/t16-,18-/m1/s1. The lowest BCUT2D eigenvalue weighted by Crippen LogP contribution is -2.44. The molecule has 2 aliphatic carbocycles. The molecule has 3 aliphatic rings. The predicted molar refractivity (Wildman–Crippen MR) is 93.6 cm³/mol. The summed E-state index contributed by atoms with van der Waals surface area (Å²) >= 11 is 0. The zero-order chi connectivity index (χ0) is 15.6. The Morgan fingerprint density at radius 2 is 1.87 bits per heavy atom. The maximum Gasteiger partial charge on any atom is 0.238 e. The van der Waals surface area contributed by atoms with Gasteiger partial charge in [-0.15, -0.1) is 0 Å². The van der Waals surface area contributed by atoms with Crippen LogP contribution in [0.25, 0.3) is 0 Å². The summed E-state index contributed by atoms with van der Waals surface area (Å²) in [5, 5.41) is 3.11. The minimum absolute atomic E-state index is 0.150. The molecule has 1 aromatic rings. The van der Waals surface area contributed by atoms with E-state index in [4.69, 9.17) is 0 Å². The smallest absolute Gasteiger partial charge is 0.238 e. The molecule has 0 radical (unpaired) electrons. The predicted octanol–water partition coefficient (Wildman–Crippen LogP) is 3.63. The number of carbonyl (C=O) groups is 1. The van der Waals surface area contributed by atoms with Crippen LogP contribution in [0.5, 0.6) is 0 Å². The first-order valence-corrected chi connectivity index (χ1v) is 9.42. The Hall–Kier alpha value is -1.35. The minimum atomic E-state index is 0.150. The Balaban J connectivity index is 1.31. The summed E-state index contributed by atoms with van der Waals surface area (Å²) in [7, 11) is 0. The van der Waals surface area contributed by atoms with E-state index in [0.717, 1.165) is 37.0 Å². The third-order valence-corrected chi connectivity index (χ3v) is 6.12. The van der Waals surface area contributed by atoms with Gasteiger partial charge in [0, 0.05) is 12.2 Å². The van der Waals surface area contributed by atoms with Crippen molar-refractivity contribution in [2.45, 2.75) is 51.4 Å². The van der Waals surface area contributed by atoms with Crippen molar-refractivity contribution in [1.29, 1.82) is 0 Å². The molecule has 4 rings (SSSR count). The molecule has 0 unspecified atom stereocenters. The molecule has 3 heteroatoms. The van der Waals surface area contributed by atoms with Gasteiger partial charge in [0.25, 0.3) is 0 Å². The number of nitrogens with zero attached hydrogens (tertiary/aromatic N) is 1. The van der Waals surface area contributed by atoms with Crippen LogP contribution in [0.1, 0.15) is 49.7 Å². The van der Waals surface area contributed by atoms with Crippen molar-refractivity contribution in [3.8, 4) is 0 Å². The molecule has 0 spiro atoms. The molecule has 124 valence electrons. The Morgan fingerprint density at radius 1 is 1.04 bits per heavy atom. The number of anilines is 1. The number of piperidine rings is 1. The number of hydrogen-bond donors (Lipinski definition) is 1. The van der Waals surface area contributed by atoms with Gasteiger partial charge in [-0.3, -0.25) is 9.69 Å². The van der Waals surface area contributed by atoms with Crippen LogP contribution in [0.4, 0.5) is 5.69 Å². The number of amides is 1. The lowest BCUT2D eigenvalue weighted by atomic mass is 9.75. The molecule has 1 saturated heterocycles. The summed E-state index contributed by atoms with van der Waals surface area (Å²) in [4.78, 5) is 14.8. The van der Waals surface area contributed by atoms with Crippen molar-refractivity contribution in [3.63, 3.8) is 0 Å². The van der Waals surface area contributed by atoms with Gasteiger partial charge in [0.2, 0.25) is 5.91 Å². The van der Waals surface area contributed by atoms with Gasteiger partial charge in [-0.25, -0.2) is 0 Å². The fourth-order valence-corrected chi connectivity index (χ4v) is 4.87. The second-order valence-corrected chi connectivity index (χ2v) is 7.71. The van der Waals surface area contributed by atoms with Gasteiger partial charge in [-0.2, -0.15) is 0 Å². The highest BCUT2D eigenvalue weighted by molar-refractivity contribution is 5.92. The Morgan fingerprint density at radius 3 is 2.78 bits per heavy atom. The average Bonchev–Trinajstić information content (AvgIpc) is 3.02. The molecule has 1 saturated carbocycles. The number of hydrogen-bond acceptors (Lipinski definition) is 2. The summed E-state index contributed by atoms with van der Waals surface area (Å²) < 4.78 is 0. The summed E-state index contributed by atoms with van der Waals surface area (Å²) in [6.45, 7) is 2.78. The number of carbonyl (C=O) groups excluding carboxylic acids is 1. The molecule has 1 amide bonds. The van der Waals surface area contributed by atoms with E-state index < -0.39 is 0 Å². The van der Waals surface area contributed by atoms with E-state index in [1.54, 1.807) is 0 Å². The summed E-state index contributed by atoms with van der Waals surface area (Å²) in [6, 6.07) is 6.43. The zero-order valence-electron chi connectivity index (χ0n) is 14.0. The van der Waals surface area contributed by atoms with Gasteiger partial charge in [-0.1, -0.05) is 25.3 Å². The third-order valence-electron chi connectivity index (χ3n) is 6.12. The second kappa shape index (κ2) is 6.64. The van der Waals surface area contributed by atoms with Crippen molar-refractivity contribution in [3.05, 3.63) is 29.3 Å². The maximum atomic E-state index is 12.4. The highest BCUT2D eigenvalue weighted by Crippen LogP contribution is 2.35. The van der Waals surface area contributed by atoms with Crippen LogP contribution in [0.3, 0.4) is 0 Å². The molecule has 1 heterocycles. The topological polar surface area (TPSA) is 32.3 Å². The molecule has 0 aromatic heterocycles. The number of fused-ring (bicyclic) bond motifs is 2. The van der Waals surface area contributed by atoms with Gasteiger partial charge in [-0.05, 0) is 73.7 Å². The fraction of sp³-hybridized carbons (Fsp3) is 0.650. The highest BCUT2D eigenvalue weighted by Gasteiger charge is 2.31. The third kappa shape index (κ3) is 3.45. The first-order chi connectivity index (χ1) is 11.3. The van der Waals surface area contributed by atoms with Crippen molar-refractivity contribution in [2.24, 2.45) is 11.8 Å². The van der Waals surface area contributed by atoms with Gasteiger partial charge >= 0.3 is 0 Å². The van der Waals surface area contributed by atoms with E-state index in [1.807, 2.05) is 0 Å². The van der Waals surface area contributed by atoms with Gasteiger partial charge in [0.1, 0.15) is 0 Å². The van der Waals surface area contributed by atoms with E-state index in [-0.39, 0.29) is 5.91 Å². The van der Waals surface area contributed by atoms with Crippen molar-refractivity contribution in [1.82, 2.24) is 4.90 Å². The second-order valence-electron chi connectivity index (χ2n) is 7.71. The van der Waals surface area contributed by atoms with Gasteiger partial charge in [0.05, 0.1) is 6.54 Å². The summed E-state index contributed by atoms with van der Waals surface area (Å²) in [5.74, 6) is 1.92. The highest BCUT2D eigenvalue weighted by atomic mass is 16.2. The van der Waals surface area contributed by atoms with Crippen LogP contribution in [0.15, 0.2) is 18.2 Å². The maximum absolute atomic E-state index is 12.4. The van der Waals surface area contributed by atoms with E-state index in [2.05, 4.69) is 28.4 Å². The zero-order valence-corrected chi connectivity index (χ0v) is 14.0. The first-order valence-electron chi connectivity index (χ1n) is 9.42. The number of aryl methyl sites for hydroxylation is 2. The quantitative estimate of drug-likeness (QED) is 0.924. The molecule has 23 heavy (non-hydrogen) atoms. The van der Waals surface area contributed by atoms with Crippen LogP contribution in [0.2, 0.25) is 0 Å². The van der Waals surface area contributed by atoms with E-state index >= 15 is 0 Å². The molecular weight excluding hydrogens is 284 g/mol. The number of rotatable bonds is 3. The summed E-state index contributed by atoms with van der Waals surface area (Å²) in [6.07, 6.45) is 10.5. The van der Waals surface area contributed by atoms with Crippen molar-refractivity contribution in [2.75, 3.05) is 25.0 Å². The molecule has 3 nitrogen and oxygen atoms in total. The Bertz CT molecular complexity index is 583. The molecular formula is C20H28N2O. The molecule has 0 bridgehead atoms. The van der Waals surface area contributed by atoms with Crippen LogP contribution in [-0.4, -0.2) is 30.4 Å². The largest absolute Gasteiger partial charge is 0.325 e. The number of likely N-dealkylation sites (tertiary alicyclic amines) is 1. The molecule has 1 N–H and O–H groups in total. The lowest BCUT2D eigenvalue weighted by Gasteiger charge is -2.41. The average molecular weight is 312 g/mol. The molecule has 1 aliphatic heterocycles. The molecule has 2 atom stereocenters. The Labute approximate surface area is 139 Å². The summed E-state index contributed by atoms with van der Waals surface area (Å²) in [5.41, 5.74) is 3.86. The Kier molecular flexibility index (Phi) is 4.39. The van der Waals surface area contributed by atoms with Crippen LogP contribution in [0, 0.1) is 11.8 Å². The van der Waals surface area contributed by atoms with Crippen molar-refractivity contribution < 1.29 is 4.79 Å². The molecule has 1 aromatic carbocycles. The van der Waals surface area contributed by atoms with E-state index in [1.165, 1.54) is 56.1 Å². The van der Waals surface area contributed by atoms with Crippen LogP contribution in [-0.2, 0) is 17.6 Å². The van der Waals surface area contributed by atoms with Crippen LogP contribution < -0.4 is 5.32 Å².